The number of hydrogen-bond acceptors (Lipinski definition) is 3. The summed E-state index contributed by atoms with van der Waals surface area (Å²) in [4.78, 5) is 10.5. The molecule has 1 rings (SSSR count). The molecule has 2 N–H and O–H groups in total. The Balaban J connectivity index is 2.95. The molecule has 1 unspecified atom stereocenters. The average molecular weight is 184 g/mol. The first kappa shape index (κ1) is 9.80. The molecule has 0 saturated carbocycles. The topological polar surface area (TPSA) is 70.7 Å². The molecule has 72 valence electrons. The zero-order valence-electron chi connectivity index (χ0n) is 7.52. The summed E-state index contributed by atoms with van der Waals surface area (Å²) < 4.78 is 5.05. The third-order valence-corrected chi connectivity index (χ3v) is 2.07. The SMILES string of the molecule is CC(C)(c1ccco1)C(O)C(=O)O. The van der Waals surface area contributed by atoms with E-state index in [1.165, 1.54) is 6.26 Å². The molecule has 0 saturated heterocycles. The summed E-state index contributed by atoms with van der Waals surface area (Å²) in [6, 6.07) is 3.30. The van der Waals surface area contributed by atoms with Crippen LogP contribution in [0.15, 0.2) is 22.8 Å². The van der Waals surface area contributed by atoms with Gasteiger partial charge in [0.15, 0.2) is 6.10 Å². The zero-order chi connectivity index (χ0) is 10.1. The van der Waals surface area contributed by atoms with E-state index in [9.17, 15) is 9.90 Å². The molecule has 0 spiro atoms. The molecule has 4 heteroatoms. The Labute approximate surface area is 75.8 Å². The number of carbonyl (C=O) groups is 1. The monoisotopic (exact) mass is 184 g/mol. The lowest BCUT2D eigenvalue weighted by Gasteiger charge is -2.24. The molecule has 0 aliphatic heterocycles. The third-order valence-electron chi connectivity index (χ3n) is 2.07. The molecule has 0 fully saturated rings. The Morgan fingerprint density at radius 3 is 2.62 bits per heavy atom. The molecule has 13 heavy (non-hydrogen) atoms. The molecule has 1 aromatic rings. The van der Waals surface area contributed by atoms with Gasteiger partial charge in [-0.2, -0.15) is 0 Å². The zero-order valence-corrected chi connectivity index (χ0v) is 7.52. The minimum atomic E-state index is -1.46. The summed E-state index contributed by atoms with van der Waals surface area (Å²) in [6.45, 7) is 3.23. The predicted molar refractivity (Wildman–Crippen MR) is 45.4 cm³/mol. The molecule has 1 atom stereocenters. The molecule has 0 aliphatic carbocycles. The second kappa shape index (κ2) is 3.22. The van der Waals surface area contributed by atoms with Gasteiger partial charge in [0.05, 0.1) is 11.7 Å². The summed E-state index contributed by atoms with van der Waals surface area (Å²) in [5.41, 5.74) is -0.907. The number of aliphatic carboxylic acids is 1. The molecule has 0 amide bonds. The van der Waals surface area contributed by atoms with Crippen LogP contribution < -0.4 is 0 Å². The van der Waals surface area contributed by atoms with Crippen LogP contribution in [0.3, 0.4) is 0 Å². The van der Waals surface area contributed by atoms with Gasteiger partial charge in [-0.1, -0.05) is 0 Å². The minimum Gasteiger partial charge on any atom is -0.479 e. The smallest absolute Gasteiger partial charge is 0.333 e. The van der Waals surface area contributed by atoms with Crippen molar-refractivity contribution in [1.82, 2.24) is 0 Å². The maximum atomic E-state index is 10.5. The number of hydrogen-bond donors (Lipinski definition) is 2. The van der Waals surface area contributed by atoms with Gasteiger partial charge in [0.2, 0.25) is 0 Å². The van der Waals surface area contributed by atoms with Gasteiger partial charge < -0.3 is 14.6 Å². The second-order valence-electron chi connectivity index (χ2n) is 3.44. The van der Waals surface area contributed by atoms with E-state index in [-0.39, 0.29) is 0 Å². The van der Waals surface area contributed by atoms with Gasteiger partial charge in [-0.25, -0.2) is 4.79 Å². The van der Waals surface area contributed by atoms with Gasteiger partial charge in [0.1, 0.15) is 5.76 Å². The second-order valence-corrected chi connectivity index (χ2v) is 3.44. The Morgan fingerprint density at radius 2 is 2.23 bits per heavy atom. The van der Waals surface area contributed by atoms with Gasteiger partial charge in [-0.05, 0) is 26.0 Å². The first-order valence-electron chi connectivity index (χ1n) is 3.91. The van der Waals surface area contributed by atoms with Crippen LogP contribution in [-0.2, 0) is 10.2 Å². The fourth-order valence-electron chi connectivity index (χ4n) is 1.09. The molecule has 1 heterocycles. The highest BCUT2D eigenvalue weighted by molar-refractivity contribution is 5.74. The summed E-state index contributed by atoms with van der Waals surface area (Å²) in [5.74, 6) is -0.788. The predicted octanol–water partition coefficient (Wildman–Crippen LogP) is 1.00. The molecule has 0 radical (unpaired) electrons. The maximum absolute atomic E-state index is 10.5. The Morgan fingerprint density at radius 1 is 1.62 bits per heavy atom. The highest BCUT2D eigenvalue weighted by Gasteiger charge is 2.37. The maximum Gasteiger partial charge on any atom is 0.333 e. The highest BCUT2D eigenvalue weighted by atomic mass is 16.4. The first-order chi connectivity index (χ1) is 5.96. The molecular formula is C9H12O4. The van der Waals surface area contributed by atoms with Gasteiger partial charge in [-0.3, -0.25) is 0 Å². The number of furan rings is 1. The number of carboxylic acid groups (broad SMARTS) is 1. The van der Waals surface area contributed by atoms with Crippen LogP contribution in [0.2, 0.25) is 0 Å². The van der Waals surface area contributed by atoms with Crippen LogP contribution in [-0.4, -0.2) is 22.3 Å². The Kier molecular flexibility index (Phi) is 2.43. The van der Waals surface area contributed by atoms with Crippen molar-refractivity contribution in [1.29, 1.82) is 0 Å². The lowest BCUT2D eigenvalue weighted by atomic mass is 9.84. The largest absolute Gasteiger partial charge is 0.479 e. The van der Waals surface area contributed by atoms with Crippen molar-refractivity contribution in [2.75, 3.05) is 0 Å². The van der Waals surface area contributed by atoms with Crippen LogP contribution in [0.1, 0.15) is 19.6 Å². The van der Waals surface area contributed by atoms with Crippen LogP contribution in [0.4, 0.5) is 0 Å². The fourth-order valence-corrected chi connectivity index (χ4v) is 1.09. The molecule has 0 aromatic carbocycles. The molecule has 1 aromatic heterocycles. The molecule has 4 nitrogen and oxygen atoms in total. The number of rotatable bonds is 3. The van der Waals surface area contributed by atoms with Gasteiger partial charge in [-0.15, -0.1) is 0 Å². The van der Waals surface area contributed by atoms with Gasteiger partial charge in [0, 0.05) is 0 Å². The fraction of sp³-hybridized carbons (Fsp3) is 0.444. The quantitative estimate of drug-likeness (QED) is 0.735. The van der Waals surface area contributed by atoms with Crippen molar-refractivity contribution in [2.45, 2.75) is 25.4 Å². The van der Waals surface area contributed by atoms with Gasteiger partial charge in [0.25, 0.3) is 0 Å². The van der Waals surface area contributed by atoms with Crippen molar-refractivity contribution in [3.63, 3.8) is 0 Å². The third kappa shape index (κ3) is 1.72. The van der Waals surface area contributed by atoms with Crippen molar-refractivity contribution in [3.8, 4) is 0 Å². The van der Waals surface area contributed by atoms with Gasteiger partial charge >= 0.3 is 5.97 Å². The van der Waals surface area contributed by atoms with E-state index in [0.29, 0.717) is 5.76 Å². The Bertz CT molecular complexity index is 287. The van der Waals surface area contributed by atoms with E-state index >= 15 is 0 Å². The highest BCUT2D eigenvalue weighted by Crippen LogP contribution is 2.27. The van der Waals surface area contributed by atoms with E-state index in [2.05, 4.69) is 0 Å². The van der Waals surface area contributed by atoms with Crippen molar-refractivity contribution >= 4 is 5.97 Å². The minimum absolute atomic E-state index is 0.461. The summed E-state index contributed by atoms with van der Waals surface area (Å²) in [7, 11) is 0. The molecule has 0 aliphatic rings. The van der Waals surface area contributed by atoms with E-state index in [1.54, 1.807) is 26.0 Å². The summed E-state index contributed by atoms with van der Waals surface area (Å²) in [6.07, 6.45) is -0.00953. The van der Waals surface area contributed by atoms with Crippen LogP contribution >= 0.6 is 0 Å². The van der Waals surface area contributed by atoms with Crippen molar-refractivity contribution in [2.24, 2.45) is 0 Å². The van der Waals surface area contributed by atoms with Crippen LogP contribution in [0, 0.1) is 0 Å². The lowest BCUT2D eigenvalue weighted by molar-refractivity contribution is -0.150. The van der Waals surface area contributed by atoms with Crippen LogP contribution in [0.25, 0.3) is 0 Å². The summed E-state index contributed by atoms with van der Waals surface area (Å²) >= 11 is 0. The van der Waals surface area contributed by atoms with E-state index in [0.717, 1.165) is 0 Å². The number of carboxylic acids is 1. The number of aliphatic hydroxyl groups excluding tert-OH is 1. The van der Waals surface area contributed by atoms with E-state index in [4.69, 9.17) is 9.52 Å². The lowest BCUT2D eigenvalue weighted by Crippen LogP contribution is -2.39. The van der Waals surface area contributed by atoms with E-state index < -0.39 is 17.5 Å². The average Bonchev–Trinajstić information content (AvgIpc) is 2.54. The normalized spacial score (nSPS) is 14.1. The first-order valence-corrected chi connectivity index (χ1v) is 3.91. The molecule has 0 bridgehead atoms. The summed E-state index contributed by atoms with van der Waals surface area (Å²) in [5, 5.41) is 18.0. The van der Waals surface area contributed by atoms with Crippen molar-refractivity contribution in [3.05, 3.63) is 24.2 Å². The van der Waals surface area contributed by atoms with Crippen LogP contribution in [0.5, 0.6) is 0 Å². The van der Waals surface area contributed by atoms with Crippen molar-refractivity contribution < 1.29 is 19.4 Å². The Hall–Kier alpha value is -1.29. The van der Waals surface area contributed by atoms with E-state index in [1.807, 2.05) is 0 Å². The standard InChI is InChI=1S/C9H12O4/c1-9(2,7(10)8(11)12)6-4-3-5-13-6/h3-5,7,10H,1-2H3,(H,11,12). The molecular weight excluding hydrogens is 172 g/mol. The number of aliphatic hydroxyl groups is 1.